The Morgan fingerprint density at radius 3 is 2.53 bits per heavy atom. The molecule has 0 radical (unpaired) electrons. The maximum atomic E-state index is 11.2. The van der Waals surface area contributed by atoms with Crippen molar-refractivity contribution in [3.63, 3.8) is 0 Å². The second-order valence-electron chi connectivity index (χ2n) is 2.93. The van der Waals surface area contributed by atoms with Crippen LogP contribution in [0.3, 0.4) is 0 Å². The Hall–Kier alpha value is -1.05. The summed E-state index contributed by atoms with van der Waals surface area (Å²) in [6.45, 7) is 0. The summed E-state index contributed by atoms with van der Waals surface area (Å²) in [5.74, 6) is -1.35. The van der Waals surface area contributed by atoms with E-state index in [-0.39, 0.29) is 10.6 Å². The molecule has 0 aliphatic heterocycles. The topological polar surface area (TPSA) is 96.6 Å². The molecule has 1 rings (SSSR count). The largest absolute Gasteiger partial charge is 0.493 e. The summed E-state index contributed by atoms with van der Waals surface area (Å²) in [5, 5.41) is 9.05. The Balaban J connectivity index is 3.40. The van der Waals surface area contributed by atoms with E-state index in [0.29, 0.717) is 0 Å². The van der Waals surface area contributed by atoms with Gasteiger partial charge in [-0.2, -0.15) is 8.42 Å². The summed E-state index contributed by atoms with van der Waals surface area (Å²) in [6, 6.07) is 0.940. The molecule has 0 spiro atoms. The van der Waals surface area contributed by atoms with Gasteiger partial charge >= 0.3 is 0 Å². The molecule has 0 atom stereocenters. The number of hydrogen-bond acceptors (Lipinski definition) is 4. The van der Waals surface area contributed by atoms with Gasteiger partial charge in [0.15, 0.2) is 0 Å². The highest BCUT2D eigenvalue weighted by Gasteiger charge is 2.15. The molecule has 0 aromatic carbocycles. The maximum absolute atomic E-state index is 11.2. The van der Waals surface area contributed by atoms with Gasteiger partial charge < -0.3 is 5.11 Å². The number of halogens is 1. The molecule has 0 amide bonds. The van der Waals surface area contributed by atoms with Crippen molar-refractivity contribution in [2.75, 3.05) is 0 Å². The van der Waals surface area contributed by atoms with E-state index in [2.05, 4.69) is 0 Å². The first-order chi connectivity index (χ1) is 6.72. The van der Waals surface area contributed by atoms with Crippen LogP contribution < -0.4 is 5.56 Å². The molecule has 1 aromatic heterocycles. The van der Waals surface area contributed by atoms with Gasteiger partial charge in [0.25, 0.3) is 15.7 Å². The molecule has 6 nitrogen and oxygen atoms in total. The summed E-state index contributed by atoms with van der Waals surface area (Å²) in [7, 11) is -3.01. The molecule has 0 bridgehead atoms. The van der Waals surface area contributed by atoms with Gasteiger partial charge in [0, 0.05) is 13.1 Å². The Morgan fingerprint density at radius 1 is 1.53 bits per heavy atom. The SMILES string of the molecule is Cn1c(O)c(Cl)c(CS(=O)(=O)O)cc1=O. The van der Waals surface area contributed by atoms with E-state index in [1.165, 1.54) is 7.05 Å². The van der Waals surface area contributed by atoms with Crippen molar-refractivity contribution in [1.29, 1.82) is 0 Å². The molecular formula is C7H8ClNO5S. The maximum Gasteiger partial charge on any atom is 0.269 e. The van der Waals surface area contributed by atoms with E-state index in [1.807, 2.05) is 0 Å². The molecule has 15 heavy (non-hydrogen) atoms. The second-order valence-corrected chi connectivity index (χ2v) is 4.76. The van der Waals surface area contributed by atoms with Crippen molar-refractivity contribution in [3.8, 4) is 5.88 Å². The molecule has 2 N–H and O–H groups in total. The minimum Gasteiger partial charge on any atom is -0.493 e. The molecule has 0 aliphatic carbocycles. The fraction of sp³-hybridized carbons (Fsp3) is 0.286. The van der Waals surface area contributed by atoms with E-state index in [1.54, 1.807) is 0 Å². The molecule has 0 saturated carbocycles. The lowest BCUT2D eigenvalue weighted by Gasteiger charge is -2.07. The summed E-state index contributed by atoms with van der Waals surface area (Å²) in [4.78, 5) is 11.2. The van der Waals surface area contributed by atoms with E-state index < -0.39 is 27.3 Å². The van der Waals surface area contributed by atoms with Crippen LogP contribution in [-0.2, 0) is 22.9 Å². The molecule has 8 heteroatoms. The lowest BCUT2D eigenvalue weighted by atomic mass is 10.3. The van der Waals surface area contributed by atoms with Gasteiger partial charge in [-0.3, -0.25) is 13.9 Å². The average molecular weight is 254 g/mol. The standard InChI is InChI=1S/C7H8ClNO5S/c1-9-5(10)2-4(3-15(12,13)14)6(8)7(9)11/h2,11H,3H2,1H3,(H,12,13,14). The zero-order valence-electron chi connectivity index (χ0n) is 7.64. The Bertz CT molecular complexity index is 547. The molecule has 84 valence electrons. The van der Waals surface area contributed by atoms with Crippen LogP contribution >= 0.6 is 11.6 Å². The van der Waals surface area contributed by atoms with Crippen LogP contribution in [-0.4, -0.2) is 22.6 Å². The summed E-state index contributed by atoms with van der Waals surface area (Å²) in [6.07, 6.45) is 0. The van der Waals surface area contributed by atoms with Crippen LogP contribution in [0, 0.1) is 0 Å². The van der Waals surface area contributed by atoms with Crippen molar-refractivity contribution in [2.24, 2.45) is 7.05 Å². The van der Waals surface area contributed by atoms with Crippen LogP contribution in [0.15, 0.2) is 10.9 Å². The van der Waals surface area contributed by atoms with E-state index in [4.69, 9.17) is 16.2 Å². The fourth-order valence-electron chi connectivity index (χ4n) is 1.01. The van der Waals surface area contributed by atoms with Crippen LogP contribution in [0.2, 0.25) is 5.02 Å². The quantitative estimate of drug-likeness (QED) is 0.731. The molecular weight excluding hydrogens is 246 g/mol. The molecule has 0 unspecified atom stereocenters. The number of hydrogen-bond donors (Lipinski definition) is 2. The molecule has 0 fully saturated rings. The smallest absolute Gasteiger partial charge is 0.269 e. The number of nitrogens with zero attached hydrogens (tertiary/aromatic N) is 1. The molecule has 1 heterocycles. The van der Waals surface area contributed by atoms with Gasteiger partial charge in [-0.25, -0.2) is 0 Å². The molecule has 0 saturated heterocycles. The first-order valence-electron chi connectivity index (χ1n) is 3.75. The van der Waals surface area contributed by atoms with E-state index >= 15 is 0 Å². The summed E-state index contributed by atoms with van der Waals surface area (Å²) < 4.78 is 30.6. The normalized spacial score (nSPS) is 11.7. The number of aromatic nitrogens is 1. The Kier molecular flexibility index (Phi) is 3.08. The summed E-state index contributed by atoms with van der Waals surface area (Å²) in [5.41, 5.74) is -0.754. The zero-order chi connectivity index (χ0) is 11.8. The fourth-order valence-corrected chi connectivity index (χ4v) is 1.95. The van der Waals surface area contributed by atoms with E-state index in [9.17, 15) is 18.3 Å². The highest BCUT2D eigenvalue weighted by molar-refractivity contribution is 7.85. The molecule has 1 aromatic rings. The van der Waals surface area contributed by atoms with Crippen molar-refractivity contribution in [2.45, 2.75) is 5.75 Å². The predicted octanol–water partition coefficient (Wildman–Crippen LogP) is 0.132. The monoisotopic (exact) mass is 253 g/mol. The van der Waals surface area contributed by atoms with Crippen LogP contribution in [0.1, 0.15) is 5.56 Å². The van der Waals surface area contributed by atoms with Crippen molar-refractivity contribution >= 4 is 21.7 Å². The third-order valence-electron chi connectivity index (χ3n) is 1.76. The minimum absolute atomic E-state index is 0.139. The first-order valence-corrected chi connectivity index (χ1v) is 5.73. The third-order valence-corrected chi connectivity index (χ3v) is 2.85. The van der Waals surface area contributed by atoms with Gasteiger partial charge in [0.2, 0.25) is 5.88 Å². The average Bonchev–Trinajstić information content (AvgIpc) is 2.08. The first kappa shape index (κ1) is 12.0. The van der Waals surface area contributed by atoms with Gasteiger partial charge in [-0.1, -0.05) is 11.6 Å². The molecule has 0 aliphatic rings. The second kappa shape index (κ2) is 3.84. The number of aromatic hydroxyl groups is 1. The minimum atomic E-state index is -4.29. The van der Waals surface area contributed by atoms with Crippen molar-refractivity contribution in [3.05, 3.63) is 27.0 Å². The lowest BCUT2D eigenvalue weighted by Crippen LogP contribution is -2.18. The van der Waals surface area contributed by atoms with Gasteiger partial charge in [-0.05, 0) is 5.56 Å². The van der Waals surface area contributed by atoms with Crippen molar-refractivity contribution < 1.29 is 18.1 Å². The van der Waals surface area contributed by atoms with Crippen molar-refractivity contribution in [1.82, 2.24) is 4.57 Å². The van der Waals surface area contributed by atoms with Gasteiger partial charge in [0.05, 0.1) is 0 Å². The lowest BCUT2D eigenvalue weighted by molar-refractivity contribution is 0.422. The Morgan fingerprint density at radius 2 is 2.07 bits per heavy atom. The van der Waals surface area contributed by atoms with Gasteiger partial charge in [-0.15, -0.1) is 0 Å². The predicted molar refractivity (Wildman–Crippen MR) is 53.6 cm³/mol. The highest BCUT2D eigenvalue weighted by Crippen LogP contribution is 2.25. The van der Waals surface area contributed by atoms with E-state index in [0.717, 1.165) is 10.6 Å². The number of rotatable bonds is 2. The third kappa shape index (κ3) is 2.71. The van der Waals surface area contributed by atoms with Crippen LogP contribution in [0.4, 0.5) is 0 Å². The summed E-state index contributed by atoms with van der Waals surface area (Å²) >= 11 is 5.59. The number of pyridine rings is 1. The zero-order valence-corrected chi connectivity index (χ0v) is 9.21. The van der Waals surface area contributed by atoms with Gasteiger partial charge in [0.1, 0.15) is 10.8 Å². The Labute approximate surface area is 90.5 Å². The highest BCUT2D eigenvalue weighted by atomic mass is 35.5. The van der Waals surface area contributed by atoms with Crippen LogP contribution in [0.5, 0.6) is 5.88 Å². The van der Waals surface area contributed by atoms with Crippen LogP contribution in [0.25, 0.3) is 0 Å².